The predicted octanol–water partition coefficient (Wildman–Crippen LogP) is 2.52. The molecule has 0 spiro atoms. The molecule has 152 valence electrons. The van der Waals surface area contributed by atoms with E-state index in [2.05, 4.69) is 9.71 Å². The number of thiocarbonyl (C=S) groups is 1. The fourth-order valence-corrected chi connectivity index (χ4v) is 5.87. The number of benzene rings is 1. The Balaban J connectivity index is 1.53. The summed E-state index contributed by atoms with van der Waals surface area (Å²) in [5, 5.41) is 13.9. The maximum Gasteiger partial charge on any atom is 0.343 e. The molecule has 0 bridgehead atoms. The first-order chi connectivity index (χ1) is 13.3. The number of phenolic OH excluding ortho intramolecular Hbond substituents is 1. The lowest BCUT2D eigenvalue weighted by atomic mass is 9.85. The lowest BCUT2D eigenvalue weighted by Gasteiger charge is -2.27. The summed E-state index contributed by atoms with van der Waals surface area (Å²) in [6.07, 6.45) is 8.47. The van der Waals surface area contributed by atoms with Gasteiger partial charge in [-0.1, -0.05) is 37.9 Å². The number of nitrogens with zero attached hydrogens (tertiary/aromatic N) is 1. The molecule has 1 aliphatic heterocycles. The first-order valence-corrected chi connectivity index (χ1v) is 11.6. The highest BCUT2D eigenvalue weighted by Gasteiger charge is 2.33. The largest absolute Gasteiger partial charge is 0.507 e. The van der Waals surface area contributed by atoms with Gasteiger partial charge in [0.15, 0.2) is 0 Å². The van der Waals surface area contributed by atoms with Gasteiger partial charge in [-0.3, -0.25) is 4.72 Å². The highest BCUT2D eigenvalue weighted by atomic mass is 32.2. The molecule has 6 nitrogen and oxygen atoms in total. The van der Waals surface area contributed by atoms with Gasteiger partial charge in [0.05, 0.1) is 5.56 Å². The Hall–Kier alpha value is -1.58. The minimum atomic E-state index is -3.97. The summed E-state index contributed by atoms with van der Waals surface area (Å²) in [6.45, 7) is 0.927. The average molecular weight is 426 g/mol. The molecule has 3 aliphatic rings. The first-order valence-electron chi connectivity index (χ1n) is 9.78. The van der Waals surface area contributed by atoms with E-state index in [4.69, 9.17) is 12.2 Å². The second-order valence-electron chi connectivity index (χ2n) is 7.90. The molecule has 2 aliphatic carbocycles. The Morgan fingerprint density at radius 1 is 1.32 bits per heavy atom. The monoisotopic (exact) mass is 425 g/mol. The first kappa shape index (κ1) is 19.7. The second kappa shape index (κ2) is 7.68. The van der Waals surface area contributed by atoms with Crippen molar-refractivity contribution in [2.45, 2.75) is 57.4 Å². The lowest BCUT2D eigenvalue weighted by Crippen LogP contribution is -2.36. The number of fused-ring (bicyclic) bond motifs is 1. The number of phenols is 1. The summed E-state index contributed by atoms with van der Waals surface area (Å²) in [5.41, 5.74) is 0.799. The van der Waals surface area contributed by atoms with E-state index >= 15 is 4.39 Å². The van der Waals surface area contributed by atoms with Crippen LogP contribution in [-0.4, -0.2) is 36.8 Å². The van der Waals surface area contributed by atoms with Gasteiger partial charge in [-0.25, -0.2) is 4.39 Å². The molecule has 0 unspecified atom stereocenters. The van der Waals surface area contributed by atoms with E-state index in [1.165, 1.54) is 31.7 Å². The summed E-state index contributed by atoms with van der Waals surface area (Å²) in [4.78, 5) is -0.198. The van der Waals surface area contributed by atoms with Crippen LogP contribution in [-0.2, 0) is 23.1 Å². The third kappa shape index (κ3) is 3.92. The molecule has 1 heterocycles. The molecule has 0 amide bonds. The van der Waals surface area contributed by atoms with E-state index in [9.17, 15) is 13.5 Å². The Labute approximate surface area is 169 Å². The highest BCUT2D eigenvalue weighted by Crippen LogP contribution is 2.34. The minimum Gasteiger partial charge on any atom is -0.507 e. The molecule has 3 N–H and O–H groups in total. The topological polar surface area (TPSA) is 90.8 Å². The maximum absolute atomic E-state index is 15.3. The Morgan fingerprint density at radius 3 is 2.75 bits per heavy atom. The molecule has 0 aromatic heterocycles. The van der Waals surface area contributed by atoms with Gasteiger partial charge in [-0.05, 0) is 55.3 Å². The fraction of sp³-hybridized carbons (Fsp3) is 0.579. The minimum absolute atomic E-state index is 0.167. The van der Waals surface area contributed by atoms with Gasteiger partial charge in [0.1, 0.15) is 22.3 Å². The van der Waals surface area contributed by atoms with Crippen molar-refractivity contribution in [2.24, 2.45) is 10.3 Å². The summed E-state index contributed by atoms with van der Waals surface area (Å²) in [7, 11) is -3.97. The predicted molar refractivity (Wildman–Crippen MR) is 110 cm³/mol. The normalized spacial score (nSPS) is 24.1. The van der Waals surface area contributed by atoms with Crippen molar-refractivity contribution in [1.82, 2.24) is 10.0 Å². The lowest BCUT2D eigenvalue weighted by molar-refractivity contribution is 0.404. The zero-order chi connectivity index (χ0) is 19.9. The molecule has 1 aromatic rings. The molecule has 28 heavy (non-hydrogen) atoms. The van der Waals surface area contributed by atoms with Crippen molar-refractivity contribution in [3.8, 4) is 5.75 Å². The van der Waals surface area contributed by atoms with Crippen LogP contribution >= 0.6 is 12.2 Å². The standard InChI is InChI=1S/C19H24FN3O3S2/c20-17-14-10-13(21-8-7-11-3-1-2-4-11)6-5-12(14)9-15(24)16(17)18-19(27)23-28(25,26)22-18/h9,11,13,21,24H,1-8,10H2,(H,23,27)/t13-/m1/s1. The molecule has 9 heteroatoms. The number of aryl methyl sites for hydroxylation is 1. The molecule has 0 saturated heterocycles. The Morgan fingerprint density at radius 2 is 2.07 bits per heavy atom. The van der Waals surface area contributed by atoms with Crippen LogP contribution in [0.2, 0.25) is 0 Å². The van der Waals surface area contributed by atoms with Crippen molar-refractivity contribution in [3.05, 3.63) is 28.6 Å². The number of halogens is 1. The number of hydrogen-bond donors (Lipinski definition) is 3. The van der Waals surface area contributed by atoms with E-state index < -0.39 is 16.0 Å². The van der Waals surface area contributed by atoms with Crippen LogP contribution < -0.4 is 10.0 Å². The van der Waals surface area contributed by atoms with E-state index in [0.717, 1.165) is 30.9 Å². The van der Waals surface area contributed by atoms with E-state index in [0.29, 0.717) is 18.4 Å². The molecule has 0 radical (unpaired) electrons. The zero-order valence-corrected chi connectivity index (χ0v) is 17.1. The molecule has 1 aromatic carbocycles. The summed E-state index contributed by atoms with van der Waals surface area (Å²) in [6, 6.07) is 1.68. The van der Waals surface area contributed by atoms with Crippen molar-refractivity contribution < 1.29 is 17.9 Å². The van der Waals surface area contributed by atoms with Gasteiger partial charge < -0.3 is 10.4 Å². The smallest absolute Gasteiger partial charge is 0.343 e. The quantitative estimate of drug-likeness (QED) is 0.631. The van der Waals surface area contributed by atoms with Crippen LogP contribution in [0.1, 0.15) is 55.2 Å². The summed E-state index contributed by atoms with van der Waals surface area (Å²) < 4.78 is 44.0. The molecule has 4 rings (SSSR count). The van der Waals surface area contributed by atoms with Gasteiger partial charge in [-0.2, -0.15) is 8.42 Å². The van der Waals surface area contributed by atoms with Crippen molar-refractivity contribution >= 4 is 33.1 Å². The Kier molecular flexibility index (Phi) is 5.41. The number of hydrogen-bond acceptors (Lipinski definition) is 5. The van der Waals surface area contributed by atoms with Crippen molar-refractivity contribution in [2.75, 3.05) is 6.54 Å². The van der Waals surface area contributed by atoms with Crippen LogP contribution in [0.3, 0.4) is 0 Å². The molecular weight excluding hydrogens is 401 g/mol. The third-order valence-corrected chi connectivity index (χ3v) is 7.31. The fourth-order valence-electron chi connectivity index (χ4n) is 4.55. The van der Waals surface area contributed by atoms with Crippen LogP contribution in [0.5, 0.6) is 5.75 Å². The zero-order valence-electron chi connectivity index (χ0n) is 15.5. The van der Waals surface area contributed by atoms with Crippen molar-refractivity contribution in [1.29, 1.82) is 0 Å². The maximum atomic E-state index is 15.3. The van der Waals surface area contributed by atoms with Crippen LogP contribution in [0, 0.1) is 11.7 Å². The molecular formula is C19H24FN3O3S2. The van der Waals surface area contributed by atoms with E-state index in [1.807, 2.05) is 4.72 Å². The van der Waals surface area contributed by atoms with Gasteiger partial charge in [0.2, 0.25) is 0 Å². The highest BCUT2D eigenvalue weighted by molar-refractivity contribution is 7.93. The van der Waals surface area contributed by atoms with Crippen molar-refractivity contribution in [3.63, 3.8) is 0 Å². The SMILES string of the molecule is O=S1(=O)N=C(c2c(O)cc3c(c2F)C[C@H](NCCC2CCCC2)CC3)C(=S)N1. The Bertz CT molecular complexity index is 940. The van der Waals surface area contributed by atoms with Gasteiger partial charge in [0, 0.05) is 6.04 Å². The van der Waals surface area contributed by atoms with Crippen LogP contribution in [0.25, 0.3) is 0 Å². The second-order valence-corrected chi connectivity index (χ2v) is 9.65. The molecule has 1 fully saturated rings. The number of aromatic hydroxyl groups is 1. The van der Waals surface area contributed by atoms with Gasteiger partial charge in [-0.15, -0.1) is 4.40 Å². The average Bonchev–Trinajstić information content (AvgIpc) is 3.23. The van der Waals surface area contributed by atoms with Gasteiger partial charge >= 0.3 is 10.2 Å². The van der Waals surface area contributed by atoms with Gasteiger partial charge in [0.25, 0.3) is 0 Å². The number of nitrogens with one attached hydrogen (secondary N) is 2. The third-order valence-electron chi connectivity index (χ3n) is 6.00. The van der Waals surface area contributed by atoms with E-state index in [1.54, 1.807) is 0 Å². The number of rotatable bonds is 5. The summed E-state index contributed by atoms with van der Waals surface area (Å²) >= 11 is 4.97. The van der Waals surface area contributed by atoms with Crippen LogP contribution in [0.4, 0.5) is 4.39 Å². The molecule has 1 saturated carbocycles. The van der Waals surface area contributed by atoms with Crippen LogP contribution in [0.15, 0.2) is 10.5 Å². The van der Waals surface area contributed by atoms with E-state index in [-0.39, 0.29) is 28.1 Å². The summed E-state index contributed by atoms with van der Waals surface area (Å²) in [5.74, 6) is -0.152. The molecule has 1 atom stereocenters.